The third-order valence-corrected chi connectivity index (χ3v) is 9.91. The second kappa shape index (κ2) is 42.1. The summed E-state index contributed by atoms with van der Waals surface area (Å²) in [5.74, 6) is -0.889. The third-order valence-electron chi connectivity index (χ3n) is 8.92. The molecule has 0 rings (SSSR count). The normalized spacial score (nSPS) is 14.0. The summed E-state index contributed by atoms with van der Waals surface area (Å²) in [5.41, 5.74) is 5.34. The summed E-state index contributed by atoms with van der Waals surface area (Å²) in [6, 6.07) is 0. The van der Waals surface area contributed by atoms with E-state index < -0.39 is 32.5 Å². The van der Waals surface area contributed by atoms with Crippen LogP contribution in [0.5, 0.6) is 0 Å². The third kappa shape index (κ3) is 41.1. The number of nitrogens with two attached hydrogens (primary N) is 1. The Labute approximate surface area is 341 Å². The molecule has 0 aliphatic rings. The molecule has 0 heterocycles. The predicted octanol–water partition coefficient (Wildman–Crippen LogP) is 12.7. The van der Waals surface area contributed by atoms with Gasteiger partial charge in [-0.25, -0.2) is 4.57 Å². The van der Waals surface area contributed by atoms with Crippen molar-refractivity contribution in [2.45, 2.75) is 180 Å². The Bertz CT molecular complexity index is 1150. The molecule has 0 aliphatic heterocycles. The fourth-order valence-corrected chi connectivity index (χ4v) is 6.44. The number of hydrogen-bond donors (Lipinski definition) is 2. The van der Waals surface area contributed by atoms with Gasteiger partial charge in [0.1, 0.15) is 6.61 Å². The van der Waals surface area contributed by atoms with E-state index in [0.717, 1.165) is 57.8 Å². The molecule has 2 atom stereocenters. The monoisotopic (exact) mass is 806 g/mol. The van der Waals surface area contributed by atoms with Crippen molar-refractivity contribution in [3.8, 4) is 0 Å². The van der Waals surface area contributed by atoms with Crippen LogP contribution in [0.3, 0.4) is 0 Å². The highest BCUT2D eigenvalue weighted by Gasteiger charge is 2.26. The van der Waals surface area contributed by atoms with Crippen LogP contribution in [0.1, 0.15) is 174 Å². The van der Waals surface area contributed by atoms with Crippen LogP contribution >= 0.6 is 7.82 Å². The molecule has 0 fully saturated rings. The molecule has 322 valence electrons. The van der Waals surface area contributed by atoms with Crippen molar-refractivity contribution in [1.29, 1.82) is 0 Å². The van der Waals surface area contributed by atoms with E-state index in [1.54, 1.807) is 0 Å². The van der Waals surface area contributed by atoms with Gasteiger partial charge in [0.05, 0.1) is 13.2 Å². The van der Waals surface area contributed by atoms with Gasteiger partial charge in [-0.3, -0.25) is 18.6 Å². The van der Waals surface area contributed by atoms with Crippen molar-refractivity contribution >= 4 is 19.8 Å². The Morgan fingerprint density at radius 3 is 1.62 bits per heavy atom. The first-order valence-corrected chi connectivity index (χ1v) is 23.5. The van der Waals surface area contributed by atoms with E-state index in [2.05, 4.69) is 50.3 Å². The van der Waals surface area contributed by atoms with Crippen LogP contribution in [0.25, 0.3) is 0 Å². The molecule has 2 unspecified atom stereocenters. The molecule has 0 amide bonds. The molecule has 0 saturated carbocycles. The summed E-state index contributed by atoms with van der Waals surface area (Å²) in [6.07, 6.45) is 50.9. The number of esters is 2. The maximum Gasteiger partial charge on any atom is 0.472 e. The van der Waals surface area contributed by atoms with Crippen molar-refractivity contribution in [2.75, 3.05) is 26.4 Å². The van der Waals surface area contributed by atoms with Gasteiger partial charge in [0.2, 0.25) is 0 Å². The summed E-state index contributed by atoms with van der Waals surface area (Å²) in [6.45, 7) is 3.52. The Morgan fingerprint density at radius 2 is 1.05 bits per heavy atom. The molecule has 0 spiro atoms. The fraction of sp³-hybridized carbons (Fsp3) is 0.696. The Hall–Kier alpha value is -2.55. The average molecular weight is 806 g/mol. The molecule has 0 aromatic heterocycles. The van der Waals surface area contributed by atoms with Gasteiger partial charge in [-0.15, -0.1) is 0 Å². The number of carbonyl (C=O) groups excluding carboxylic acids is 2. The minimum atomic E-state index is -4.39. The van der Waals surface area contributed by atoms with Crippen LogP contribution in [-0.2, 0) is 32.7 Å². The average Bonchev–Trinajstić information content (AvgIpc) is 3.18. The standard InChI is InChI=1S/C46H80NO8P/c1-3-5-7-9-11-13-15-17-18-19-20-21-22-23-24-25-27-28-30-32-34-36-38-45(48)52-42-44(43-54-56(50,51)53-41-40-47)55-46(49)39-37-35-33-31-29-26-16-14-12-10-8-6-4-2/h6,8,10,12,14,16,19-20,22-23,26,29,44H,3-5,7,9,11,13,15,17-18,21,24-25,27-28,30-43,47H2,1-2H3,(H,50,51)/b8-6+,12-10+,16-14+,20-19+,23-22+,29-26+. The molecule has 0 aliphatic carbocycles. The molecule has 10 heteroatoms. The maximum absolute atomic E-state index is 12.5. The maximum atomic E-state index is 12.5. The van der Waals surface area contributed by atoms with Crippen LogP contribution in [0.2, 0.25) is 0 Å². The van der Waals surface area contributed by atoms with Gasteiger partial charge >= 0.3 is 19.8 Å². The second-order valence-corrected chi connectivity index (χ2v) is 15.7. The van der Waals surface area contributed by atoms with Crippen LogP contribution in [0.4, 0.5) is 0 Å². The number of allylic oxidation sites excluding steroid dienone is 12. The lowest BCUT2D eigenvalue weighted by atomic mass is 10.1. The molecule has 0 radical (unpaired) electrons. The van der Waals surface area contributed by atoms with E-state index in [4.69, 9.17) is 24.3 Å². The second-order valence-electron chi connectivity index (χ2n) is 14.3. The van der Waals surface area contributed by atoms with Crippen LogP contribution in [-0.4, -0.2) is 49.3 Å². The van der Waals surface area contributed by atoms with Gasteiger partial charge < -0.3 is 20.1 Å². The highest BCUT2D eigenvalue weighted by molar-refractivity contribution is 7.47. The number of ether oxygens (including phenoxy) is 2. The molecular formula is C46H80NO8P. The predicted molar refractivity (Wildman–Crippen MR) is 233 cm³/mol. The molecular weight excluding hydrogens is 725 g/mol. The Morgan fingerprint density at radius 1 is 0.571 bits per heavy atom. The van der Waals surface area contributed by atoms with Crippen molar-refractivity contribution in [1.82, 2.24) is 0 Å². The topological polar surface area (TPSA) is 134 Å². The summed E-state index contributed by atoms with van der Waals surface area (Å²) < 4.78 is 32.7. The molecule has 0 aromatic carbocycles. The van der Waals surface area contributed by atoms with Crippen molar-refractivity contribution in [3.05, 3.63) is 72.9 Å². The zero-order valence-corrected chi connectivity index (χ0v) is 36.2. The van der Waals surface area contributed by atoms with Gasteiger partial charge in [0.15, 0.2) is 6.10 Å². The van der Waals surface area contributed by atoms with Crippen LogP contribution in [0, 0.1) is 0 Å². The van der Waals surface area contributed by atoms with Crippen molar-refractivity contribution in [3.63, 3.8) is 0 Å². The summed E-state index contributed by atoms with van der Waals surface area (Å²) in [7, 11) is -4.39. The van der Waals surface area contributed by atoms with E-state index in [1.165, 1.54) is 77.0 Å². The van der Waals surface area contributed by atoms with Crippen LogP contribution in [0.15, 0.2) is 72.9 Å². The highest BCUT2D eigenvalue weighted by Crippen LogP contribution is 2.43. The number of carbonyl (C=O) groups is 2. The first kappa shape index (κ1) is 53.5. The first-order valence-electron chi connectivity index (χ1n) is 22.0. The lowest BCUT2D eigenvalue weighted by molar-refractivity contribution is -0.161. The van der Waals surface area contributed by atoms with E-state index in [0.29, 0.717) is 12.8 Å². The zero-order valence-electron chi connectivity index (χ0n) is 35.3. The number of phosphoric ester groups is 1. The minimum absolute atomic E-state index is 0.0417. The molecule has 3 N–H and O–H groups in total. The van der Waals surface area contributed by atoms with Gasteiger partial charge in [0, 0.05) is 19.4 Å². The number of rotatable bonds is 40. The summed E-state index contributed by atoms with van der Waals surface area (Å²) >= 11 is 0. The van der Waals surface area contributed by atoms with Crippen LogP contribution < -0.4 is 5.73 Å². The van der Waals surface area contributed by atoms with E-state index >= 15 is 0 Å². The Balaban J connectivity index is 4.16. The molecule has 9 nitrogen and oxygen atoms in total. The smallest absolute Gasteiger partial charge is 0.462 e. The number of unbranched alkanes of at least 4 members (excludes halogenated alkanes) is 18. The number of hydrogen-bond acceptors (Lipinski definition) is 8. The van der Waals surface area contributed by atoms with Crippen molar-refractivity contribution < 1.29 is 37.6 Å². The Kier molecular flexibility index (Phi) is 40.2. The van der Waals surface area contributed by atoms with Gasteiger partial charge in [0.25, 0.3) is 0 Å². The van der Waals surface area contributed by atoms with Gasteiger partial charge in [-0.1, -0.05) is 170 Å². The largest absolute Gasteiger partial charge is 0.472 e. The van der Waals surface area contributed by atoms with E-state index in [-0.39, 0.29) is 32.6 Å². The van der Waals surface area contributed by atoms with Crippen molar-refractivity contribution in [2.24, 2.45) is 5.73 Å². The van der Waals surface area contributed by atoms with E-state index in [9.17, 15) is 19.0 Å². The van der Waals surface area contributed by atoms with Gasteiger partial charge in [-0.2, -0.15) is 0 Å². The highest BCUT2D eigenvalue weighted by atomic mass is 31.2. The first-order chi connectivity index (χ1) is 27.3. The number of phosphoric acid groups is 1. The zero-order chi connectivity index (χ0) is 41.1. The molecule has 0 bridgehead atoms. The summed E-state index contributed by atoms with van der Waals surface area (Å²) in [5, 5.41) is 0. The lowest BCUT2D eigenvalue weighted by Crippen LogP contribution is -2.29. The lowest BCUT2D eigenvalue weighted by Gasteiger charge is -2.19. The molecule has 0 aromatic rings. The summed E-state index contributed by atoms with van der Waals surface area (Å²) in [4.78, 5) is 34.8. The molecule has 0 saturated heterocycles. The molecule has 56 heavy (non-hydrogen) atoms. The minimum Gasteiger partial charge on any atom is -0.462 e. The van der Waals surface area contributed by atoms with Gasteiger partial charge in [-0.05, 0) is 64.2 Å². The fourth-order valence-electron chi connectivity index (χ4n) is 5.67. The quantitative estimate of drug-likeness (QED) is 0.0204. The van der Waals surface area contributed by atoms with E-state index in [1.807, 2.05) is 36.5 Å². The SMILES string of the molecule is CC/C=C/C=C/C=C/C=C/CCCCCC(=O)OC(COC(=O)CCCCCCCCC/C=C/C/C=C/CCCCCCCCCC)COP(=O)(O)OCCN.